The first-order chi connectivity index (χ1) is 9.63. The zero-order chi connectivity index (χ0) is 14.1. The molecule has 3 nitrogen and oxygen atoms in total. The molecule has 0 fully saturated rings. The Labute approximate surface area is 125 Å². The van der Waals surface area contributed by atoms with E-state index in [0.29, 0.717) is 0 Å². The molecule has 3 N–H and O–H groups in total. The summed E-state index contributed by atoms with van der Waals surface area (Å²) >= 11 is 3.56. The van der Waals surface area contributed by atoms with Gasteiger partial charge in [0.15, 0.2) is 5.69 Å². The Kier molecular flexibility index (Phi) is 3.32. The van der Waals surface area contributed by atoms with Gasteiger partial charge in [0, 0.05) is 24.7 Å². The van der Waals surface area contributed by atoms with E-state index in [1.54, 1.807) is 12.1 Å². The van der Waals surface area contributed by atoms with Crippen LogP contribution in [-0.2, 0) is 0 Å². The topological polar surface area (TPSA) is 46.4 Å². The first kappa shape index (κ1) is 12.9. The summed E-state index contributed by atoms with van der Waals surface area (Å²) in [6.07, 6.45) is 0. The van der Waals surface area contributed by atoms with Crippen molar-refractivity contribution in [1.29, 1.82) is 0 Å². The molecule has 0 aliphatic rings. The van der Waals surface area contributed by atoms with E-state index in [0.717, 1.165) is 32.4 Å². The van der Waals surface area contributed by atoms with E-state index in [4.69, 9.17) is 0 Å². The summed E-state index contributed by atoms with van der Waals surface area (Å²) in [5, 5.41) is 14.0. The fourth-order valence-electron chi connectivity index (χ4n) is 2.25. The molecule has 1 aromatic heterocycles. The van der Waals surface area contributed by atoms with Crippen LogP contribution in [0.1, 0.15) is 5.69 Å². The maximum atomic E-state index is 9.55. The number of aryl methyl sites for hydroxylation is 1. The smallest absolute Gasteiger partial charge is 0.227 e. The number of rotatable bonds is 2. The first-order valence-electron chi connectivity index (χ1n) is 6.31. The Morgan fingerprint density at radius 2 is 1.90 bits per heavy atom. The number of nitrogens with one attached hydrogen (secondary N) is 2. The Bertz CT molecular complexity index is 787. The number of para-hydroxylation sites is 1. The summed E-state index contributed by atoms with van der Waals surface area (Å²) in [5.41, 5.74) is 3.97. The number of aromatic hydroxyl groups is 1. The van der Waals surface area contributed by atoms with Crippen molar-refractivity contribution in [3.05, 3.63) is 58.7 Å². The van der Waals surface area contributed by atoms with Gasteiger partial charge in [0.1, 0.15) is 5.75 Å². The summed E-state index contributed by atoms with van der Waals surface area (Å²) in [7, 11) is 0. The molecule has 4 heteroatoms. The summed E-state index contributed by atoms with van der Waals surface area (Å²) in [5.74, 6) is 0.250. The first-order valence-corrected chi connectivity index (χ1v) is 7.10. The predicted octanol–water partition coefficient (Wildman–Crippen LogP) is 4.17. The minimum atomic E-state index is 0.250. The fourth-order valence-corrected chi connectivity index (χ4v) is 2.71. The summed E-state index contributed by atoms with van der Waals surface area (Å²) < 4.78 is 1.03. The third-order valence-corrected chi connectivity index (χ3v) is 3.77. The summed E-state index contributed by atoms with van der Waals surface area (Å²) in [6.45, 7) is 2.02. The second kappa shape index (κ2) is 5.13. The zero-order valence-corrected chi connectivity index (χ0v) is 12.5. The standard InChI is InChI=1S/C16H13BrN2O/c1-10-8-15(19-11-4-2-5-12(20)9-11)13-6-3-7-14(17)16(13)18-10/h2-9,20H,1H3,(H,18,19)/p+1. The van der Waals surface area contributed by atoms with Crippen LogP contribution in [0.15, 0.2) is 53.0 Å². The molecular formula is C16H14BrN2O+. The van der Waals surface area contributed by atoms with Crippen LogP contribution in [0, 0.1) is 6.92 Å². The van der Waals surface area contributed by atoms with Crippen molar-refractivity contribution in [2.24, 2.45) is 0 Å². The van der Waals surface area contributed by atoms with Gasteiger partial charge in [-0.3, -0.25) is 0 Å². The Morgan fingerprint density at radius 1 is 1.10 bits per heavy atom. The summed E-state index contributed by atoms with van der Waals surface area (Å²) in [4.78, 5) is 3.36. The molecule has 3 aromatic rings. The molecule has 0 unspecified atom stereocenters. The minimum absolute atomic E-state index is 0.250. The molecule has 0 radical (unpaired) electrons. The molecular weight excluding hydrogens is 316 g/mol. The van der Waals surface area contributed by atoms with Crippen molar-refractivity contribution in [3.63, 3.8) is 0 Å². The van der Waals surface area contributed by atoms with Crippen LogP contribution in [0.5, 0.6) is 5.75 Å². The van der Waals surface area contributed by atoms with Gasteiger partial charge >= 0.3 is 0 Å². The zero-order valence-electron chi connectivity index (χ0n) is 10.9. The van der Waals surface area contributed by atoms with Crippen LogP contribution in [0.4, 0.5) is 11.4 Å². The van der Waals surface area contributed by atoms with Crippen molar-refractivity contribution < 1.29 is 10.1 Å². The molecule has 0 spiro atoms. The number of benzene rings is 2. The van der Waals surface area contributed by atoms with Gasteiger partial charge < -0.3 is 10.4 Å². The normalized spacial score (nSPS) is 10.7. The summed E-state index contributed by atoms with van der Waals surface area (Å²) in [6, 6.07) is 15.2. The Balaban J connectivity index is 2.14. The van der Waals surface area contributed by atoms with E-state index in [9.17, 15) is 5.11 Å². The second-order valence-corrected chi connectivity index (χ2v) is 5.56. The minimum Gasteiger partial charge on any atom is -0.508 e. The maximum absolute atomic E-state index is 9.55. The van der Waals surface area contributed by atoms with E-state index in [2.05, 4.69) is 38.4 Å². The van der Waals surface area contributed by atoms with Crippen LogP contribution < -0.4 is 10.3 Å². The highest BCUT2D eigenvalue weighted by Gasteiger charge is 2.12. The molecule has 0 atom stereocenters. The third-order valence-electron chi connectivity index (χ3n) is 3.11. The van der Waals surface area contributed by atoms with Crippen molar-refractivity contribution in [1.82, 2.24) is 0 Å². The highest BCUT2D eigenvalue weighted by atomic mass is 79.9. The van der Waals surface area contributed by atoms with Crippen LogP contribution in [0.3, 0.4) is 0 Å². The number of aromatic nitrogens is 1. The molecule has 0 aliphatic heterocycles. The van der Waals surface area contributed by atoms with Crippen molar-refractivity contribution in [3.8, 4) is 5.75 Å². The number of phenols is 1. The number of hydrogen-bond donors (Lipinski definition) is 2. The maximum Gasteiger partial charge on any atom is 0.227 e. The Hall–Kier alpha value is -2.07. The number of anilines is 2. The fraction of sp³-hybridized carbons (Fsp3) is 0.0625. The number of pyridine rings is 1. The van der Waals surface area contributed by atoms with E-state index < -0.39 is 0 Å². The van der Waals surface area contributed by atoms with Crippen LogP contribution in [-0.4, -0.2) is 5.11 Å². The lowest BCUT2D eigenvalue weighted by molar-refractivity contribution is -0.355. The highest BCUT2D eigenvalue weighted by Crippen LogP contribution is 2.29. The van der Waals surface area contributed by atoms with Crippen LogP contribution in [0.25, 0.3) is 10.9 Å². The lowest BCUT2D eigenvalue weighted by Gasteiger charge is -2.09. The average Bonchev–Trinajstić information content (AvgIpc) is 2.40. The van der Waals surface area contributed by atoms with E-state index in [-0.39, 0.29) is 5.75 Å². The Morgan fingerprint density at radius 3 is 2.70 bits per heavy atom. The molecule has 1 heterocycles. The van der Waals surface area contributed by atoms with Crippen LogP contribution in [0.2, 0.25) is 0 Å². The van der Waals surface area contributed by atoms with Crippen molar-refractivity contribution in [2.45, 2.75) is 6.92 Å². The lowest BCUT2D eigenvalue weighted by Crippen LogP contribution is -2.10. The van der Waals surface area contributed by atoms with Gasteiger partial charge in [0.25, 0.3) is 0 Å². The third kappa shape index (κ3) is 2.47. The molecule has 0 saturated heterocycles. The molecule has 0 amide bonds. The number of phenolic OH excluding ortho intramolecular Hbond substituents is 1. The molecule has 0 aliphatic carbocycles. The van der Waals surface area contributed by atoms with Gasteiger partial charge in [-0.1, -0.05) is 12.1 Å². The molecule has 3 rings (SSSR count). The largest absolute Gasteiger partial charge is 0.508 e. The quantitative estimate of drug-likeness (QED) is 0.741. The van der Waals surface area contributed by atoms with E-state index in [1.807, 2.05) is 31.2 Å². The van der Waals surface area contributed by atoms with Crippen molar-refractivity contribution in [2.75, 3.05) is 5.32 Å². The predicted molar refractivity (Wildman–Crippen MR) is 84.3 cm³/mol. The molecule has 20 heavy (non-hydrogen) atoms. The number of aromatic amines is 1. The van der Waals surface area contributed by atoms with Crippen molar-refractivity contribution >= 4 is 38.2 Å². The van der Waals surface area contributed by atoms with E-state index >= 15 is 0 Å². The lowest BCUT2D eigenvalue weighted by atomic mass is 10.1. The average molecular weight is 330 g/mol. The van der Waals surface area contributed by atoms with Gasteiger partial charge in [-0.15, -0.1) is 0 Å². The SMILES string of the molecule is Cc1cc(Nc2cccc(O)c2)c2cccc(Br)c2[nH+]1. The number of H-pyrrole nitrogens is 1. The number of hydrogen-bond acceptors (Lipinski definition) is 2. The van der Waals surface area contributed by atoms with Gasteiger partial charge in [-0.2, -0.15) is 0 Å². The number of fused-ring (bicyclic) bond motifs is 1. The van der Waals surface area contributed by atoms with Crippen LogP contribution >= 0.6 is 15.9 Å². The highest BCUT2D eigenvalue weighted by molar-refractivity contribution is 9.10. The van der Waals surface area contributed by atoms with Gasteiger partial charge in [0.2, 0.25) is 5.52 Å². The molecule has 100 valence electrons. The molecule has 0 saturated carbocycles. The van der Waals surface area contributed by atoms with Gasteiger partial charge in [0.05, 0.1) is 15.5 Å². The van der Waals surface area contributed by atoms with Gasteiger partial charge in [-0.05, 0) is 40.2 Å². The van der Waals surface area contributed by atoms with E-state index in [1.165, 1.54) is 0 Å². The molecule has 2 aromatic carbocycles. The second-order valence-electron chi connectivity index (χ2n) is 4.70. The monoisotopic (exact) mass is 329 g/mol. The number of halogens is 1. The van der Waals surface area contributed by atoms with Gasteiger partial charge in [-0.25, -0.2) is 4.98 Å². The molecule has 0 bridgehead atoms.